The summed E-state index contributed by atoms with van der Waals surface area (Å²) in [6, 6.07) is 5.44. The Morgan fingerprint density at radius 1 is 1.12 bits per heavy atom. The zero-order chi connectivity index (χ0) is 28.4. The monoisotopic (exact) mass is 556 g/mol. The SMILES string of the molecule is C[C@H]1CN(c2ccncc2CC(=O)c2ccc(F)c(-c3c(F)cc(OC4CCOCC4)cc3F)n2)C[C@@H](N)[C@@H]1O. The molecule has 2 aromatic heterocycles. The highest BCUT2D eigenvalue weighted by Gasteiger charge is 2.32. The number of aliphatic hydroxyl groups is 1. The number of Topliss-reactive ketones (excluding diaryl/α,β-unsaturated/α-hetero) is 1. The van der Waals surface area contributed by atoms with E-state index in [4.69, 9.17) is 15.2 Å². The van der Waals surface area contributed by atoms with Crippen molar-refractivity contribution in [1.29, 1.82) is 0 Å². The Kier molecular flexibility index (Phi) is 8.34. The van der Waals surface area contributed by atoms with E-state index in [0.717, 1.165) is 23.9 Å². The Hall–Kier alpha value is -3.54. The maximum absolute atomic E-state index is 15.1. The summed E-state index contributed by atoms with van der Waals surface area (Å²) in [5.41, 5.74) is 6.00. The number of aliphatic hydroxyl groups excluding tert-OH is 1. The van der Waals surface area contributed by atoms with E-state index in [1.807, 2.05) is 11.8 Å². The van der Waals surface area contributed by atoms with Crippen LogP contribution in [0.1, 0.15) is 35.8 Å². The van der Waals surface area contributed by atoms with Crippen molar-refractivity contribution in [2.24, 2.45) is 11.7 Å². The van der Waals surface area contributed by atoms with Gasteiger partial charge in [-0.05, 0) is 18.2 Å². The number of carbonyl (C=O) groups excluding carboxylic acids is 1. The topological polar surface area (TPSA) is 111 Å². The van der Waals surface area contributed by atoms with E-state index < -0.39 is 46.6 Å². The van der Waals surface area contributed by atoms with Crippen LogP contribution in [0.5, 0.6) is 5.75 Å². The fourth-order valence-electron chi connectivity index (χ4n) is 5.24. The summed E-state index contributed by atoms with van der Waals surface area (Å²) in [5, 5.41) is 10.2. The molecule has 1 aromatic carbocycles. The molecule has 2 fully saturated rings. The number of ketones is 1. The Balaban J connectivity index is 1.38. The number of anilines is 1. The van der Waals surface area contributed by atoms with E-state index in [0.29, 0.717) is 44.7 Å². The van der Waals surface area contributed by atoms with E-state index in [1.54, 1.807) is 18.5 Å². The van der Waals surface area contributed by atoms with Crippen LogP contribution in [0.2, 0.25) is 0 Å². The molecule has 0 unspecified atom stereocenters. The number of hydrogen-bond donors (Lipinski definition) is 2. The lowest BCUT2D eigenvalue weighted by atomic mass is 9.92. The molecule has 11 heteroatoms. The van der Waals surface area contributed by atoms with Crippen LogP contribution in [-0.2, 0) is 11.2 Å². The highest BCUT2D eigenvalue weighted by molar-refractivity contribution is 5.97. The van der Waals surface area contributed by atoms with Crippen molar-refractivity contribution in [3.8, 4) is 17.0 Å². The van der Waals surface area contributed by atoms with Gasteiger partial charge in [0.15, 0.2) is 5.78 Å². The largest absolute Gasteiger partial charge is 0.490 e. The second-order valence-electron chi connectivity index (χ2n) is 10.4. The molecule has 5 rings (SSSR count). The fraction of sp³-hybridized carbons (Fsp3) is 0.414. The average molecular weight is 557 g/mol. The number of benzene rings is 1. The molecule has 0 aliphatic carbocycles. The fourth-order valence-corrected chi connectivity index (χ4v) is 5.24. The van der Waals surface area contributed by atoms with Crippen LogP contribution in [0.25, 0.3) is 11.3 Å². The molecule has 3 aromatic rings. The summed E-state index contributed by atoms with van der Waals surface area (Å²) >= 11 is 0. The molecule has 0 saturated carbocycles. The van der Waals surface area contributed by atoms with Crippen LogP contribution in [0, 0.1) is 23.4 Å². The van der Waals surface area contributed by atoms with Gasteiger partial charge in [-0.15, -0.1) is 0 Å². The minimum Gasteiger partial charge on any atom is -0.490 e. The quantitative estimate of drug-likeness (QED) is 0.424. The van der Waals surface area contributed by atoms with Gasteiger partial charge in [-0.2, -0.15) is 0 Å². The molecule has 4 heterocycles. The van der Waals surface area contributed by atoms with Gasteiger partial charge in [0.2, 0.25) is 0 Å². The molecule has 0 spiro atoms. The number of halogens is 3. The predicted molar refractivity (Wildman–Crippen MR) is 142 cm³/mol. The summed E-state index contributed by atoms with van der Waals surface area (Å²) in [6.45, 7) is 3.82. The second kappa shape index (κ2) is 11.9. The number of hydrogen-bond acceptors (Lipinski definition) is 8. The summed E-state index contributed by atoms with van der Waals surface area (Å²) in [6.07, 6.45) is 3.33. The van der Waals surface area contributed by atoms with Gasteiger partial charge in [0, 0.05) is 80.1 Å². The second-order valence-corrected chi connectivity index (χ2v) is 10.4. The summed E-state index contributed by atoms with van der Waals surface area (Å²) in [7, 11) is 0. The van der Waals surface area contributed by atoms with Crippen LogP contribution in [-0.4, -0.2) is 65.4 Å². The molecule has 2 aliphatic heterocycles. The van der Waals surface area contributed by atoms with E-state index in [-0.39, 0.29) is 29.9 Å². The molecule has 3 N–H and O–H groups in total. The Bertz CT molecular complexity index is 1350. The molecular weight excluding hydrogens is 525 g/mol. The number of nitrogens with two attached hydrogens (primary N) is 1. The highest BCUT2D eigenvalue weighted by Crippen LogP contribution is 2.32. The number of carbonyl (C=O) groups is 1. The zero-order valence-corrected chi connectivity index (χ0v) is 22.0. The zero-order valence-electron chi connectivity index (χ0n) is 22.0. The lowest BCUT2D eigenvalue weighted by Gasteiger charge is -2.40. The van der Waals surface area contributed by atoms with Crippen LogP contribution in [0.3, 0.4) is 0 Å². The van der Waals surface area contributed by atoms with Crippen molar-refractivity contribution in [1.82, 2.24) is 9.97 Å². The van der Waals surface area contributed by atoms with Crippen LogP contribution >= 0.6 is 0 Å². The number of rotatable bonds is 7. The summed E-state index contributed by atoms with van der Waals surface area (Å²) < 4.78 is 55.9. The summed E-state index contributed by atoms with van der Waals surface area (Å²) in [4.78, 5) is 23.4. The Morgan fingerprint density at radius 2 is 1.85 bits per heavy atom. The lowest BCUT2D eigenvalue weighted by molar-refractivity contribution is 0.0253. The van der Waals surface area contributed by atoms with Crippen LogP contribution < -0.4 is 15.4 Å². The number of ether oxygens (including phenoxy) is 2. The number of nitrogens with zero attached hydrogens (tertiary/aromatic N) is 3. The molecule has 0 radical (unpaired) electrons. The highest BCUT2D eigenvalue weighted by atomic mass is 19.1. The van der Waals surface area contributed by atoms with E-state index in [1.165, 1.54) is 6.07 Å². The first-order valence-electron chi connectivity index (χ1n) is 13.3. The van der Waals surface area contributed by atoms with Gasteiger partial charge < -0.3 is 25.2 Å². The smallest absolute Gasteiger partial charge is 0.185 e. The minimum absolute atomic E-state index is 0.0123. The molecular formula is C29H31F3N4O4. The maximum Gasteiger partial charge on any atom is 0.185 e. The lowest BCUT2D eigenvalue weighted by Crippen LogP contribution is -2.55. The van der Waals surface area contributed by atoms with E-state index in [2.05, 4.69) is 9.97 Å². The molecule has 2 aliphatic rings. The predicted octanol–water partition coefficient (Wildman–Crippen LogP) is 3.69. The number of aromatic nitrogens is 2. The first-order valence-corrected chi connectivity index (χ1v) is 13.3. The molecule has 212 valence electrons. The van der Waals surface area contributed by atoms with Crippen molar-refractivity contribution < 1.29 is 32.5 Å². The van der Waals surface area contributed by atoms with E-state index >= 15 is 8.78 Å². The molecule has 8 nitrogen and oxygen atoms in total. The van der Waals surface area contributed by atoms with Gasteiger partial charge in [0.25, 0.3) is 0 Å². The average Bonchev–Trinajstić information content (AvgIpc) is 2.93. The third kappa shape index (κ3) is 5.96. The van der Waals surface area contributed by atoms with Gasteiger partial charge in [-0.1, -0.05) is 6.92 Å². The van der Waals surface area contributed by atoms with Gasteiger partial charge >= 0.3 is 0 Å². The molecule has 3 atom stereocenters. The standard InChI is InChI=1S/C29H31F3N4O4/c1-16-14-36(15-23(33)29(16)38)25-4-7-34-13-17(25)10-26(37)24-3-2-20(30)28(35-24)27-21(31)11-19(12-22(27)32)40-18-5-8-39-9-6-18/h2-4,7,11-13,16,18,23,29,38H,5-6,8-10,14-15,33H2,1H3/t16-,23+,29+/m0/s1. The summed E-state index contributed by atoms with van der Waals surface area (Å²) in [5.74, 6) is -3.65. The van der Waals surface area contributed by atoms with Crippen molar-refractivity contribution >= 4 is 11.5 Å². The van der Waals surface area contributed by atoms with Gasteiger partial charge in [-0.3, -0.25) is 9.78 Å². The van der Waals surface area contributed by atoms with E-state index in [9.17, 15) is 14.3 Å². The van der Waals surface area contributed by atoms with Gasteiger partial charge in [-0.25, -0.2) is 18.2 Å². The Morgan fingerprint density at radius 3 is 2.55 bits per heavy atom. The van der Waals surface area contributed by atoms with Crippen LogP contribution in [0.15, 0.2) is 42.7 Å². The van der Waals surface area contributed by atoms with Crippen molar-refractivity contribution in [2.45, 2.75) is 44.4 Å². The van der Waals surface area contributed by atoms with Crippen molar-refractivity contribution in [2.75, 3.05) is 31.2 Å². The van der Waals surface area contributed by atoms with Crippen molar-refractivity contribution in [3.63, 3.8) is 0 Å². The number of pyridine rings is 2. The molecule has 2 saturated heterocycles. The Labute approximate surface area is 229 Å². The molecule has 0 amide bonds. The maximum atomic E-state index is 15.1. The van der Waals surface area contributed by atoms with Gasteiger partial charge in [0.1, 0.15) is 40.7 Å². The van der Waals surface area contributed by atoms with Crippen molar-refractivity contribution in [3.05, 3.63) is 71.4 Å². The third-order valence-electron chi connectivity index (χ3n) is 7.39. The minimum atomic E-state index is -1.05. The van der Waals surface area contributed by atoms with Crippen LogP contribution in [0.4, 0.5) is 18.9 Å². The van der Waals surface area contributed by atoms with Gasteiger partial charge in [0.05, 0.1) is 24.9 Å². The number of piperidine rings is 1. The molecule has 40 heavy (non-hydrogen) atoms. The third-order valence-corrected chi connectivity index (χ3v) is 7.39. The molecule has 0 bridgehead atoms. The normalized spacial score (nSPS) is 21.9. The first kappa shape index (κ1) is 28.0. The first-order chi connectivity index (χ1) is 19.2.